The first kappa shape index (κ1) is 15.7. The van der Waals surface area contributed by atoms with Crippen LogP contribution in [0, 0.1) is 0 Å². The average molecular weight is 342 g/mol. The molecule has 0 bridgehead atoms. The second-order valence-corrected chi connectivity index (χ2v) is 5.28. The van der Waals surface area contributed by atoms with Crippen LogP contribution in [0.5, 0.6) is 5.75 Å². The van der Waals surface area contributed by atoms with Gasteiger partial charge in [0.1, 0.15) is 5.75 Å². The molecule has 0 aliphatic heterocycles. The second-order valence-electron chi connectivity index (χ2n) is 4.06. The third kappa shape index (κ3) is 4.67. The van der Waals surface area contributed by atoms with Gasteiger partial charge in [0.05, 0.1) is 22.8 Å². The van der Waals surface area contributed by atoms with E-state index in [4.69, 9.17) is 40.2 Å². The number of rotatable bonds is 4. The lowest BCUT2D eigenvalue weighted by molar-refractivity contribution is 0.415. The number of halogens is 2. The highest BCUT2D eigenvalue weighted by Crippen LogP contribution is 2.24. The van der Waals surface area contributed by atoms with Crippen LogP contribution >= 0.6 is 35.4 Å². The molecule has 2 aromatic carbocycles. The summed E-state index contributed by atoms with van der Waals surface area (Å²) in [5.41, 5.74) is 7.40. The summed E-state index contributed by atoms with van der Waals surface area (Å²) in [5.74, 6) is 0.786. The van der Waals surface area contributed by atoms with Gasteiger partial charge in [0.2, 0.25) is 0 Å². The van der Waals surface area contributed by atoms with E-state index < -0.39 is 0 Å². The van der Waals surface area contributed by atoms with Gasteiger partial charge in [-0.15, -0.1) is 0 Å². The molecule has 2 rings (SSSR count). The molecule has 0 radical (unpaired) electrons. The summed E-state index contributed by atoms with van der Waals surface area (Å²) in [4.78, 5) is 0. The molecule has 0 saturated heterocycles. The summed E-state index contributed by atoms with van der Waals surface area (Å²) in [5, 5.41) is 4.43. The third-order valence-corrected chi connectivity index (χ3v) is 3.53. The Morgan fingerprint density at radius 3 is 2.29 bits per heavy atom. The van der Waals surface area contributed by atoms with Crippen molar-refractivity contribution in [2.75, 3.05) is 17.9 Å². The van der Waals surface area contributed by atoms with Gasteiger partial charge < -0.3 is 10.1 Å². The number of ether oxygens (including phenoxy) is 1. The molecule has 110 valence electrons. The Hall–Kier alpha value is -1.69. The minimum atomic E-state index is 0.422. The van der Waals surface area contributed by atoms with Crippen molar-refractivity contribution >= 4 is 51.9 Å². The van der Waals surface area contributed by atoms with Crippen molar-refractivity contribution in [2.45, 2.75) is 0 Å². The number of hydrazine groups is 1. The first-order chi connectivity index (χ1) is 10.1. The molecule has 0 aliphatic rings. The van der Waals surface area contributed by atoms with Gasteiger partial charge in [-0.2, -0.15) is 0 Å². The van der Waals surface area contributed by atoms with Crippen molar-refractivity contribution in [1.29, 1.82) is 0 Å². The molecule has 0 unspecified atom stereocenters. The number of benzene rings is 2. The molecule has 3 N–H and O–H groups in total. The van der Waals surface area contributed by atoms with Gasteiger partial charge >= 0.3 is 0 Å². The van der Waals surface area contributed by atoms with E-state index in [9.17, 15) is 0 Å². The number of hydrogen-bond acceptors (Lipinski definition) is 3. The maximum Gasteiger partial charge on any atom is 0.189 e. The van der Waals surface area contributed by atoms with E-state index in [-0.39, 0.29) is 0 Å². The molecule has 0 fully saturated rings. The van der Waals surface area contributed by atoms with Crippen LogP contribution in [0.2, 0.25) is 10.0 Å². The normalized spacial score (nSPS) is 9.86. The van der Waals surface area contributed by atoms with Crippen LogP contribution in [-0.2, 0) is 0 Å². The number of nitrogens with one attached hydrogen (secondary N) is 3. The zero-order chi connectivity index (χ0) is 15.2. The fourth-order valence-electron chi connectivity index (χ4n) is 1.54. The highest BCUT2D eigenvalue weighted by Gasteiger charge is 2.01. The highest BCUT2D eigenvalue weighted by molar-refractivity contribution is 7.80. The predicted molar refractivity (Wildman–Crippen MR) is 92.4 cm³/mol. The lowest BCUT2D eigenvalue weighted by atomic mass is 10.3. The second kappa shape index (κ2) is 7.36. The molecule has 0 spiro atoms. The summed E-state index contributed by atoms with van der Waals surface area (Å²) in [6.45, 7) is 0. The average Bonchev–Trinajstić information content (AvgIpc) is 2.49. The third-order valence-electron chi connectivity index (χ3n) is 2.59. The highest BCUT2D eigenvalue weighted by atomic mass is 35.5. The lowest BCUT2D eigenvalue weighted by Crippen LogP contribution is -2.33. The van der Waals surface area contributed by atoms with Crippen molar-refractivity contribution in [3.8, 4) is 5.75 Å². The van der Waals surface area contributed by atoms with Crippen LogP contribution in [0.1, 0.15) is 0 Å². The monoisotopic (exact) mass is 341 g/mol. The number of thiocarbonyl (C=S) groups is 1. The first-order valence-electron chi connectivity index (χ1n) is 6.00. The molecule has 4 nitrogen and oxygen atoms in total. The van der Waals surface area contributed by atoms with Gasteiger partial charge in [0, 0.05) is 5.69 Å². The van der Waals surface area contributed by atoms with Crippen molar-refractivity contribution in [3.05, 3.63) is 52.5 Å². The molecule has 2 aromatic rings. The molecule has 0 saturated carbocycles. The standard InChI is InChI=1S/C14H13Cl2N3OS/c1-20-11-5-2-9(3-6-11)17-14(21)19-18-10-4-7-12(15)13(16)8-10/h2-8,18H,1H3,(H2,17,19,21). The van der Waals surface area contributed by atoms with Crippen LogP contribution < -0.4 is 20.9 Å². The number of methoxy groups -OCH3 is 1. The zero-order valence-corrected chi connectivity index (χ0v) is 13.4. The fourth-order valence-corrected chi connectivity index (χ4v) is 2.01. The van der Waals surface area contributed by atoms with Crippen molar-refractivity contribution in [1.82, 2.24) is 5.43 Å². The minimum absolute atomic E-state index is 0.422. The molecule has 0 aliphatic carbocycles. The van der Waals surface area contributed by atoms with E-state index >= 15 is 0 Å². The van der Waals surface area contributed by atoms with Gasteiger partial charge in [-0.3, -0.25) is 10.9 Å². The van der Waals surface area contributed by atoms with E-state index in [1.54, 1.807) is 25.3 Å². The summed E-state index contributed by atoms with van der Waals surface area (Å²) in [6.07, 6.45) is 0. The molecule has 0 amide bonds. The predicted octanol–water partition coefficient (Wildman–Crippen LogP) is 4.32. The Morgan fingerprint density at radius 2 is 1.67 bits per heavy atom. The topological polar surface area (TPSA) is 45.3 Å². The fraction of sp³-hybridized carbons (Fsp3) is 0.0714. The van der Waals surface area contributed by atoms with E-state index in [0.29, 0.717) is 15.2 Å². The first-order valence-corrected chi connectivity index (χ1v) is 7.17. The Balaban J connectivity index is 1.87. The maximum absolute atomic E-state index is 5.93. The number of anilines is 2. The SMILES string of the molecule is COc1ccc(NC(=S)NNc2ccc(Cl)c(Cl)c2)cc1. The lowest BCUT2D eigenvalue weighted by Gasteiger charge is -2.13. The molecular weight excluding hydrogens is 329 g/mol. The van der Waals surface area contributed by atoms with Gasteiger partial charge in [0.25, 0.3) is 0 Å². The molecular formula is C14H13Cl2N3OS. The van der Waals surface area contributed by atoms with E-state index in [2.05, 4.69) is 16.2 Å². The maximum atomic E-state index is 5.93. The summed E-state index contributed by atoms with van der Waals surface area (Å²) in [6, 6.07) is 12.6. The largest absolute Gasteiger partial charge is 0.497 e. The van der Waals surface area contributed by atoms with Crippen LogP contribution in [-0.4, -0.2) is 12.2 Å². The molecule has 0 atom stereocenters. The van der Waals surface area contributed by atoms with Crippen LogP contribution in [0.3, 0.4) is 0 Å². The molecule has 21 heavy (non-hydrogen) atoms. The zero-order valence-electron chi connectivity index (χ0n) is 11.1. The summed E-state index contributed by atoms with van der Waals surface area (Å²) >= 11 is 17.0. The van der Waals surface area contributed by atoms with Gasteiger partial charge in [-0.1, -0.05) is 23.2 Å². The smallest absolute Gasteiger partial charge is 0.189 e. The Kier molecular flexibility index (Phi) is 5.50. The van der Waals surface area contributed by atoms with Crippen LogP contribution in [0.15, 0.2) is 42.5 Å². The summed E-state index contributed by atoms with van der Waals surface area (Å²) < 4.78 is 5.09. The van der Waals surface area contributed by atoms with E-state index in [0.717, 1.165) is 17.1 Å². The number of hydrogen-bond donors (Lipinski definition) is 3. The molecule has 0 aromatic heterocycles. The van der Waals surface area contributed by atoms with E-state index in [1.165, 1.54) is 0 Å². The molecule has 7 heteroatoms. The van der Waals surface area contributed by atoms with Gasteiger partial charge in [0.15, 0.2) is 5.11 Å². The molecule has 0 heterocycles. The Morgan fingerprint density at radius 1 is 1.00 bits per heavy atom. The minimum Gasteiger partial charge on any atom is -0.497 e. The van der Waals surface area contributed by atoms with Crippen LogP contribution in [0.25, 0.3) is 0 Å². The quantitative estimate of drug-likeness (QED) is 0.571. The van der Waals surface area contributed by atoms with Crippen molar-refractivity contribution in [2.24, 2.45) is 0 Å². The Labute approximate surface area is 138 Å². The van der Waals surface area contributed by atoms with Crippen molar-refractivity contribution in [3.63, 3.8) is 0 Å². The van der Waals surface area contributed by atoms with Gasteiger partial charge in [-0.25, -0.2) is 0 Å². The van der Waals surface area contributed by atoms with Gasteiger partial charge in [-0.05, 0) is 54.7 Å². The van der Waals surface area contributed by atoms with Crippen molar-refractivity contribution < 1.29 is 4.74 Å². The van der Waals surface area contributed by atoms with Crippen LogP contribution in [0.4, 0.5) is 11.4 Å². The Bertz CT molecular complexity index is 635. The van der Waals surface area contributed by atoms with E-state index in [1.807, 2.05) is 24.3 Å². The summed E-state index contributed by atoms with van der Waals surface area (Å²) in [7, 11) is 1.62.